The minimum atomic E-state index is -1.57. The maximum absolute atomic E-state index is 13.8. The molecule has 1 saturated heterocycles. The lowest BCUT2D eigenvalue weighted by Gasteiger charge is -2.33. The smallest absolute Gasteiger partial charge is 0.269 e. The minimum absolute atomic E-state index is 0.227. The van der Waals surface area contributed by atoms with Crippen molar-refractivity contribution in [3.8, 4) is 0 Å². The van der Waals surface area contributed by atoms with Crippen molar-refractivity contribution in [3.05, 3.63) is 88.7 Å². The molecule has 10 heteroatoms. The Balaban J connectivity index is 1.55. The average molecular weight is 564 g/mol. The summed E-state index contributed by atoms with van der Waals surface area (Å²) in [6, 6.07) is 17.1. The molecule has 9 nitrogen and oxygen atoms in total. The van der Waals surface area contributed by atoms with Gasteiger partial charge in [0.15, 0.2) is 6.10 Å². The third-order valence-corrected chi connectivity index (χ3v) is 8.65. The van der Waals surface area contributed by atoms with Crippen molar-refractivity contribution in [1.29, 1.82) is 0 Å². The van der Waals surface area contributed by atoms with Gasteiger partial charge in [0.05, 0.1) is 17.6 Å². The minimum Gasteiger partial charge on any atom is -0.381 e. The van der Waals surface area contributed by atoms with E-state index in [1.807, 2.05) is 75.4 Å². The summed E-state index contributed by atoms with van der Waals surface area (Å²) >= 11 is 1.48. The molecule has 0 aliphatic carbocycles. The summed E-state index contributed by atoms with van der Waals surface area (Å²) < 4.78 is 0.891. The Morgan fingerprint density at radius 3 is 2.42 bits per heavy atom. The van der Waals surface area contributed by atoms with Crippen molar-refractivity contribution in [2.75, 3.05) is 5.88 Å². The SMILES string of the molecule is Cc1cc(C(=O)NC(Cc2ccccc2)C(O)C(=O)N2CSC(C)(C)C2C(=O)NCc2ccccc2C)n(C)n1. The topological polar surface area (TPSA) is 117 Å². The van der Waals surface area contributed by atoms with Gasteiger partial charge in [-0.2, -0.15) is 5.10 Å². The van der Waals surface area contributed by atoms with Crippen LogP contribution >= 0.6 is 11.8 Å². The second-order valence-electron chi connectivity index (χ2n) is 10.7. The van der Waals surface area contributed by atoms with Crippen LogP contribution in [-0.4, -0.2) is 66.3 Å². The van der Waals surface area contributed by atoms with Crippen LogP contribution in [0.3, 0.4) is 0 Å². The molecule has 0 bridgehead atoms. The molecule has 1 fully saturated rings. The van der Waals surface area contributed by atoms with Gasteiger partial charge in [-0.25, -0.2) is 0 Å². The van der Waals surface area contributed by atoms with Crippen molar-refractivity contribution >= 4 is 29.5 Å². The Morgan fingerprint density at radius 1 is 1.10 bits per heavy atom. The number of aliphatic hydroxyl groups excluding tert-OH is 1. The highest BCUT2D eigenvalue weighted by Crippen LogP contribution is 2.40. The number of aliphatic hydroxyl groups is 1. The van der Waals surface area contributed by atoms with Crippen LogP contribution in [0.5, 0.6) is 0 Å². The Morgan fingerprint density at radius 2 is 1.77 bits per heavy atom. The molecule has 1 aliphatic rings. The van der Waals surface area contributed by atoms with Crippen molar-refractivity contribution in [1.82, 2.24) is 25.3 Å². The van der Waals surface area contributed by atoms with Gasteiger partial charge in [0.1, 0.15) is 11.7 Å². The average Bonchev–Trinajstić information content (AvgIpc) is 3.44. The van der Waals surface area contributed by atoms with Crippen LogP contribution in [0.4, 0.5) is 0 Å². The fraction of sp³-hybridized carbons (Fsp3) is 0.400. The lowest BCUT2D eigenvalue weighted by molar-refractivity contribution is -0.147. The van der Waals surface area contributed by atoms with E-state index in [1.54, 1.807) is 20.0 Å². The molecule has 40 heavy (non-hydrogen) atoms. The molecule has 3 aromatic rings. The molecule has 3 unspecified atom stereocenters. The number of amides is 3. The van der Waals surface area contributed by atoms with E-state index in [0.717, 1.165) is 16.7 Å². The van der Waals surface area contributed by atoms with Crippen LogP contribution < -0.4 is 10.6 Å². The molecule has 1 aromatic heterocycles. The first kappa shape index (κ1) is 29.4. The number of rotatable bonds is 9. The Kier molecular flexibility index (Phi) is 9.00. The number of nitrogens with one attached hydrogen (secondary N) is 2. The molecule has 3 N–H and O–H groups in total. The number of carbonyl (C=O) groups excluding carboxylic acids is 3. The number of nitrogens with zero attached hydrogens (tertiary/aromatic N) is 3. The summed E-state index contributed by atoms with van der Waals surface area (Å²) in [6.07, 6.45) is -1.34. The predicted molar refractivity (Wildman–Crippen MR) is 156 cm³/mol. The summed E-state index contributed by atoms with van der Waals surface area (Å²) in [5, 5.41) is 21.5. The highest BCUT2D eigenvalue weighted by molar-refractivity contribution is 8.00. The lowest BCUT2D eigenvalue weighted by Crippen LogP contribution is -2.58. The van der Waals surface area contributed by atoms with Crippen LogP contribution in [0.25, 0.3) is 0 Å². The van der Waals surface area contributed by atoms with E-state index < -0.39 is 34.7 Å². The number of benzene rings is 2. The van der Waals surface area contributed by atoms with Crippen molar-refractivity contribution in [3.63, 3.8) is 0 Å². The first-order valence-electron chi connectivity index (χ1n) is 13.3. The van der Waals surface area contributed by atoms with Gasteiger partial charge in [-0.3, -0.25) is 19.1 Å². The Bertz CT molecular complexity index is 1370. The van der Waals surface area contributed by atoms with E-state index in [1.165, 1.54) is 21.3 Å². The maximum atomic E-state index is 13.8. The predicted octanol–water partition coefficient (Wildman–Crippen LogP) is 2.74. The largest absolute Gasteiger partial charge is 0.381 e. The zero-order valence-corrected chi connectivity index (χ0v) is 24.4. The zero-order chi connectivity index (χ0) is 29.0. The number of aromatic nitrogens is 2. The summed E-state index contributed by atoms with van der Waals surface area (Å²) in [5.74, 6) is -1.08. The van der Waals surface area contributed by atoms with Crippen LogP contribution in [-0.2, 0) is 29.6 Å². The van der Waals surface area contributed by atoms with Crippen molar-refractivity contribution in [2.45, 2.75) is 63.6 Å². The zero-order valence-electron chi connectivity index (χ0n) is 23.5. The van der Waals surface area contributed by atoms with Gasteiger partial charge in [-0.15, -0.1) is 11.8 Å². The Hall–Kier alpha value is -3.63. The molecule has 3 atom stereocenters. The molecular weight excluding hydrogens is 526 g/mol. The normalized spacial score (nSPS) is 17.8. The molecule has 0 radical (unpaired) electrons. The third-order valence-electron chi connectivity index (χ3n) is 7.28. The van der Waals surface area contributed by atoms with Crippen LogP contribution in [0.2, 0.25) is 0 Å². The van der Waals surface area contributed by atoms with Crippen LogP contribution in [0.1, 0.15) is 46.7 Å². The standard InChI is InChI=1S/C30H37N5O4S/c1-19-11-9-10-14-22(19)17-31-28(38)26-30(3,4)40-18-35(26)29(39)25(36)23(16-21-12-7-6-8-13-21)32-27(37)24-15-20(2)33-34(24)5/h6-15,23,25-26,36H,16-18H2,1-5H3,(H,31,38)(H,32,37). The van der Waals surface area contributed by atoms with Crippen molar-refractivity contribution in [2.24, 2.45) is 7.05 Å². The molecule has 3 amide bonds. The monoisotopic (exact) mass is 563 g/mol. The van der Waals surface area contributed by atoms with E-state index >= 15 is 0 Å². The van der Waals surface area contributed by atoms with Gasteiger partial charge in [0.2, 0.25) is 5.91 Å². The maximum Gasteiger partial charge on any atom is 0.269 e. The van der Waals surface area contributed by atoms with Crippen molar-refractivity contribution < 1.29 is 19.5 Å². The summed E-state index contributed by atoms with van der Waals surface area (Å²) in [5.41, 5.74) is 3.91. The second kappa shape index (κ2) is 12.3. The number of hydrogen-bond donors (Lipinski definition) is 3. The number of carbonyl (C=O) groups is 3. The van der Waals surface area contributed by atoms with Crippen LogP contribution in [0, 0.1) is 13.8 Å². The highest BCUT2D eigenvalue weighted by Gasteiger charge is 2.49. The van der Waals surface area contributed by atoms with E-state index in [4.69, 9.17) is 0 Å². The van der Waals surface area contributed by atoms with Gasteiger partial charge >= 0.3 is 0 Å². The number of thioether (sulfide) groups is 1. The summed E-state index contributed by atoms with van der Waals surface area (Å²) in [6.45, 7) is 7.95. The van der Waals surface area contributed by atoms with Crippen LogP contribution in [0.15, 0.2) is 60.7 Å². The summed E-state index contributed by atoms with van der Waals surface area (Å²) in [7, 11) is 1.67. The van der Waals surface area contributed by atoms with Gasteiger partial charge in [-0.1, -0.05) is 54.6 Å². The van der Waals surface area contributed by atoms with Gasteiger partial charge in [0.25, 0.3) is 11.8 Å². The lowest BCUT2D eigenvalue weighted by atomic mass is 9.97. The molecule has 2 heterocycles. The van der Waals surface area contributed by atoms with Gasteiger partial charge < -0.3 is 20.6 Å². The number of hydrogen-bond acceptors (Lipinski definition) is 6. The number of aryl methyl sites for hydroxylation is 3. The fourth-order valence-electron chi connectivity index (χ4n) is 5.02. The Labute approximate surface area is 239 Å². The molecule has 0 spiro atoms. The van der Waals surface area contributed by atoms with Gasteiger partial charge in [-0.05, 0) is 56.9 Å². The highest BCUT2D eigenvalue weighted by atomic mass is 32.2. The van der Waals surface area contributed by atoms with Gasteiger partial charge in [0, 0.05) is 18.3 Å². The molecule has 1 aliphatic heterocycles. The van der Waals surface area contributed by atoms with E-state index in [-0.39, 0.29) is 18.2 Å². The van der Waals surface area contributed by atoms with E-state index in [9.17, 15) is 19.5 Å². The third kappa shape index (κ3) is 6.56. The quantitative estimate of drug-likeness (QED) is 0.369. The molecule has 212 valence electrons. The molecular formula is C30H37N5O4S. The first-order valence-corrected chi connectivity index (χ1v) is 14.3. The fourth-order valence-corrected chi connectivity index (χ4v) is 6.16. The first-order chi connectivity index (χ1) is 19.0. The summed E-state index contributed by atoms with van der Waals surface area (Å²) in [4.78, 5) is 41.9. The molecule has 2 aromatic carbocycles. The van der Waals surface area contributed by atoms with E-state index in [0.29, 0.717) is 17.9 Å². The molecule has 4 rings (SSSR count). The van der Waals surface area contributed by atoms with E-state index in [2.05, 4.69) is 15.7 Å². The second-order valence-corrected chi connectivity index (χ2v) is 12.3. The molecule has 0 saturated carbocycles.